The van der Waals surface area contributed by atoms with Gasteiger partial charge in [0.1, 0.15) is 5.70 Å². The molecule has 0 saturated carbocycles. The SMILES string of the molecule is COC(=O)[C@](NC(=O)c1ccc(C)cc1)(OC)[C@@H]1NC(C(=O)OC(c2ccccc2)c2ccccc2)=C(CCl)CO1. The standard InChI is InChI=1S/C31H31ClN2O7/c1-20-14-16-23(17-15-20)27(35)34-31(39-3,30(37)38-2)29-33-25(24(18-32)19-40-29)28(36)41-26(21-10-6-4-7-11-21)22-12-8-5-9-13-22/h4-17,26,29,33H,18-19H2,1-3H3,(H,34,35)/t29-,31-/m1/s1. The van der Waals surface area contributed by atoms with Crippen molar-refractivity contribution < 1.29 is 33.3 Å². The van der Waals surface area contributed by atoms with Gasteiger partial charge in [-0.2, -0.15) is 0 Å². The van der Waals surface area contributed by atoms with Crippen molar-refractivity contribution in [2.75, 3.05) is 26.7 Å². The number of amides is 1. The summed E-state index contributed by atoms with van der Waals surface area (Å²) in [6, 6.07) is 25.3. The third kappa shape index (κ3) is 6.59. The summed E-state index contributed by atoms with van der Waals surface area (Å²) >= 11 is 6.17. The number of hydrogen-bond donors (Lipinski definition) is 2. The van der Waals surface area contributed by atoms with Crippen LogP contribution in [0.2, 0.25) is 0 Å². The third-order valence-corrected chi connectivity index (χ3v) is 6.96. The van der Waals surface area contributed by atoms with E-state index in [0.29, 0.717) is 5.57 Å². The van der Waals surface area contributed by atoms with Crippen molar-refractivity contribution in [1.29, 1.82) is 0 Å². The normalized spacial score (nSPS) is 16.4. The number of benzene rings is 3. The number of carbonyl (C=O) groups excluding carboxylic acids is 3. The summed E-state index contributed by atoms with van der Waals surface area (Å²) in [6.07, 6.45) is -2.11. The lowest BCUT2D eigenvalue weighted by Crippen LogP contribution is -2.69. The minimum Gasteiger partial charge on any atom is -0.465 e. The molecule has 2 N–H and O–H groups in total. The summed E-state index contributed by atoms with van der Waals surface area (Å²) in [7, 11) is 2.37. The second kappa shape index (κ2) is 13.5. The fraction of sp³-hybridized carbons (Fsp3) is 0.258. The maximum atomic E-state index is 13.7. The lowest BCUT2D eigenvalue weighted by molar-refractivity contribution is -0.197. The van der Waals surface area contributed by atoms with Gasteiger partial charge in [0.15, 0.2) is 12.3 Å². The first-order valence-corrected chi connectivity index (χ1v) is 13.4. The van der Waals surface area contributed by atoms with Crippen LogP contribution in [-0.4, -0.2) is 56.5 Å². The number of methoxy groups -OCH3 is 2. The van der Waals surface area contributed by atoms with Gasteiger partial charge in [0.05, 0.1) is 13.7 Å². The van der Waals surface area contributed by atoms with Crippen LogP contribution in [0.4, 0.5) is 0 Å². The van der Waals surface area contributed by atoms with Crippen molar-refractivity contribution in [2.24, 2.45) is 0 Å². The number of rotatable bonds is 10. The average Bonchev–Trinajstić information content (AvgIpc) is 3.02. The molecule has 0 saturated heterocycles. The van der Waals surface area contributed by atoms with E-state index in [0.717, 1.165) is 23.8 Å². The summed E-state index contributed by atoms with van der Waals surface area (Å²) < 4.78 is 22.4. The Balaban J connectivity index is 1.65. The molecule has 1 amide bonds. The predicted molar refractivity (Wildman–Crippen MR) is 152 cm³/mol. The molecule has 1 aliphatic heterocycles. The first kappa shape index (κ1) is 29.8. The largest absolute Gasteiger partial charge is 0.465 e. The van der Waals surface area contributed by atoms with E-state index < -0.39 is 35.9 Å². The minimum absolute atomic E-state index is 0.0111. The maximum absolute atomic E-state index is 13.7. The molecule has 0 bridgehead atoms. The zero-order valence-electron chi connectivity index (χ0n) is 22.9. The van der Waals surface area contributed by atoms with Crippen molar-refractivity contribution in [3.05, 3.63) is 118 Å². The fourth-order valence-corrected chi connectivity index (χ4v) is 4.58. The number of carbonyl (C=O) groups is 3. The van der Waals surface area contributed by atoms with E-state index in [-0.39, 0.29) is 23.7 Å². The molecule has 3 aromatic carbocycles. The van der Waals surface area contributed by atoms with Gasteiger partial charge in [-0.3, -0.25) is 4.79 Å². The van der Waals surface area contributed by atoms with E-state index in [1.54, 1.807) is 24.3 Å². The molecule has 214 valence electrons. The topological polar surface area (TPSA) is 112 Å². The van der Waals surface area contributed by atoms with Crippen LogP contribution in [0.25, 0.3) is 0 Å². The first-order chi connectivity index (χ1) is 19.8. The van der Waals surface area contributed by atoms with Crippen molar-refractivity contribution in [3.63, 3.8) is 0 Å². The fourth-order valence-electron chi connectivity index (χ4n) is 4.37. The molecule has 0 radical (unpaired) electrons. The van der Waals surface area contributed by atoms with Crippen molar-refractivity contribution >= 4 is 29.4 Å². The van der Waals surface area contributed by atoms with Crippen molar-refractivity contribution in [3.8, 4) is 0 Å². The molecule has 1 heterocycles. The van der Waals surface area contributed by atoms with Crippen LogP contribution in [-0.2, 0) is 28.5 Å². The van der Waals surface area contributed by atoms with Gasteiger partial charge in [0, 0.05) is 24.1 Å². The Labute approximate surface area is 243 Å². The summed E-state index contributed by atoms with van der Waals surface area (Å²) in [5.74, 6) is -2.36. The first-order valence-electron chi connectivity index (χ1n) is 12.8. The Bertz CT molecular complexity index is 1360. The Morgan fingerprint density at radius 3 is 2.07 bits per heavy atom. The van der Waals surface area contributed by atoms with E-state index in [2.05, 4.69) is 10.6 Å². The smallest absolute Gasteiger partial charge is 0.364 e. The van der Waals surface area contributed by atoms with Gasteiger partial charge in [0.2, 0.25) is 0 Å². The molecule has 0 aliphatic carbocycles. The number of hydrogen-bond acceptors (Lipinski definition) is 8. The average molecular weight is 579 g/mol. The molecule has 0 unspecified atom stereocenters. The maximum Gasteiger partial charge on any atom is 0.364 e. The molecule has 41 heavy (non-hydrogen) atoms. The number of esters is 2. The van der Waals surface area contributed by atoms with Gasteiger partial charge >= 0.3 is 11.9 Å². The summed E-state index contributed by atoms with van der Waals surface area (Å²) in [4.78, 5) is 40.0. The quantitative estimate of drug-likeness (QED) is 0.211. The molecule has 0 aromatic heterocycles. The van der Waals surface area contributed by atoms with Crippen LogP contribution in [0.3, 0.4) is 0 Å². The molecule has 2 atom stereocenters. The van der Waals surface area contributed by atoms with Gasteiger partial charge in [-0.25, -0.2) is 9.59 Å². The predicted octanol–water partition coefficient (Wildman–Crippen LogP) is 4.01. The lowest BCUT2D eigenvalue weighted by Gasteiger charge is -2.40. The second-order valence-electron chi connectivity index (χ2n) is 9.31. The lowest BCUT2D eigenvalue weighted by atomic mass is 10.0. The number of alkyl halides is 1. The van der Waals surface area contributed by atoms with Crippen LogP contribution in [0.15, 0.2) is 96.2 Å². The molecular weight excluding hydrogens is 548 g/mol. The molecule has 0 fully saturated rings. The van der Waals surface area contributed by atoms with Gasteiger partial charge in [-0.1, -0.05) is 78.4 Å². The van der Waals surface area contributed by atoms with Crippen LogP contribution in [0.1, 0.15) is 33.2 Å². The Kier molecular flexibility index (Phi) is 9.78. The van der Waals surface area contributed by atoms with E-state index in [1.165, 1.54) is 7.11 Å². The Morgan fingerprint density at radius 1 is 0.976 bits per heavy atom. The second-order valence-corrected chi connectivity index (χ2v) is 9.57. The number of ether oxygens (including phenoxy) is 4. The zero-order valence-corrected chi connectivity index (χ0v) is 23.6. The molecule has 10 heteroatoms. The van der Waals surface area contributed by atoms with Gasteiger partial charge < -0.3 is 29.6 Å². The minimum atomic E-state index is -2.17. The summed E-state index contributed by atoms with van der Waals surface area (Å²) in [5, 5.41) is 5.48. The monoisotopic (exact) mass is 578 g/mol. The highest BCUT2D eigenvalue weighted by Gasteiger charge is 2.52. The van der Waals surface area contributed by atoms with Crippen molar-refractivity contribution in [1.82, 2.24) is 10.6 Å². The Morgan fingerprint density at radius 2 is 1.56 bits per heavy atom. The highest BCUT2D eigenvalue weighted by Crippen LogP contribution is 2.29. The van der Waals surface area contributed by atoms with E-state index >= 15 is 0 Å². The van der Waals surface area contributed by atoms with Gasteiger partial charge in [-0.05, 0) is 30.2 Å². The van der Waals surface area contributed by atoms with Gasteiger partial charge in [0.25, 0.3) is 11.6 Å². The molecule has 4 rings (SSSR count). The van der Waals surface area contributed by atoms with Crippen LogP contribution < -0.4 is 10.6 Å². The zero-order chi connectivity index (χ0) is 29.4. The van der Waals surface area contributed by atoms with Crippen molar-refractivity contribution in [2.45, 2.75) is 25.0 Å². The van der Waals surface area contributed by atoms with Crippen LogP contribution in [0, 0.1) is 6.92 Å². The van der Waals surface area contributed by atoms with Crippen LogP contribution >= 0.6 is 11.6 Å². The molecule has 9 nitrogen and oxygen atoms in total. The van der Waals surface area contributed by atoms with Crippen LogP contribution in [0.5, 0.6) is 0 Å². The summed E-state index contributed by atoms with van der Waals surface area (Å²) in [6.45, 7) is 1.74. The highest BCUT2D eigenvalue weighted by molar-refractivity contribution is 6.20. The van der Waals surface area contributed by atoms with E-state index in [1.807, 2.05) is 67.6 Å². The molecular formula is C31H31ClN2O7. The van der Waals surface area contributed by atoms with Gasteiger partial charge in [-0.15, -0.1) is 11.6 Å². The number of nitrogens with one attached hydrogen (secondary N) is 2. The Hall–Kier alpha value is -4.18. The van der Waals surface area contributed by atoms with E-state index in [9.17, 15) is 14.4 Å². The van der Waals surface area contributed by atoms with E-state index in [4.69, 9.17) is 30.5 Å². The molecule has 3 aromatic rings. The highest BCUT2D eigenvalue weighted by atomic mass is 35.5. The molecule has 0 spiro atoms. The molecule has 1 aliphatic rings. The number of halogens is 1. The number of aryl methyl sites for hydroxylation is 1. The third-order valence-electron chi connectivity index (χ3n) is 6.64. The summed E-state index contributed by atoms with van der Waals surface area (Å²) in [5.41, 5.74) is 0.969.